The Balaban J connectivity index is 1.15. The lowest BCUT2D eigenvalue weighted by atomic mass is 10.0. The van der Waals surface area contributed by atoms with E-state index in [2.05, 4.69) is 125 Å². The first-order valence-corrected chi connectivity index (χ1v) is 14.1. The number of nitrogens with zero attached hydrogens (tertiary/aromatic N) is 1. The molecule has 9 aromatic rings. The van der Waals surface area contributed by atoms with Gasteiger partial charge in [0.25, 0.3) is 0 Å². The Kier molecular flexibility index (Phi) is 4.87. The maximum atomic E-state index is 6.75. The number of fused-ring (bicyclic) bond motifs is 8. The molecule has 6 aromatic carbocycles. The molecule has 0 spiro atoms. The third-order valence-electron chi connectivity index (χ3n) is 8.21. The summed E-state index contributed by atoms with van der Waals surface area (Å²) in [6.07, 6.45) is 0. The summed E-state index contributed by atoms with van der Waals surface area (Å²) in [6, 6.07) is 48.2. The van der Waals surface area contributed by atoms with E-state index in [0.29, 0.717) is 0 Å². The van der Waals surface area contributed by atoms with Gasteiger partial charge in [0, 0.05) is 38.5 Å². The number of rotatable bonds is 4. The van der Waals surface area contributed by atoms with Gasteiger partial charge in [-0.1, -0.05) is 97.1 Å². The van der Waals surface area contributed by atoms with Gasteiger partial charge in [-0.3, -0.25) is 4.57 Å². The van der Waals surface area contributed by atoms with Crippen molar-refractivity contribution >= 4 is 66.3 Å². The number of hydrogen-bond acceptors (Lipinski definition) is 3. The van der Waals surface area contributed by atoms with Gasteiger partial charge in [0.15, 0.2) is 5.58 Å². The molecule has 0 bridgehead atoms. The van der Waals surface area contributed by atoms with Crippen LogP contribution in [-0.2, 0) is 0 Å². The number of para-hydroxylation sites is 5. The molecule has 0 amide bonds. The Morgan fingerprint density at radius 3 is 2.10 bits per heavy atom. The molecule has 0 aliphatic heterocycles. The molecule has 198 valence electrons. The van der Waals surface area contributed by atoms with E-state index in [4.69, 9.17) is 8.83 Å². The lowest BCUT2D eigenvalue weighted by molar-refractivity contribution is 0.646. The fourth-order valence-corrected chi connectivity index (χ4v) is 6.31. The Labute approximate surface area is 241 Å². The number of benzene rings is 6. The molecule has 0 aliphatic rings. The molecule has 3 aromatic heterocycles. The average Bonchev–Trinajstić information content (AvgIpc) is 3.71. The van der Waals surface area contributed by atoms with Crippen LogP contribution in [0.3, 0.4) is 0 Å². The van der Waals surface area contributed by atoms with Crippen molar-refractivity contribution in [1.82, 2.24) is 4.57 Å². The molecule has 0 fully saturated rings. The third kappa shape index (κ3) is 3.36. The molecule has 0 saturated carbocycles. The van der Waals surface area contributed by atoms with Gasteiger partial charge in [0.1, 0.15) is 11.2 Å². The van der Waals surface area contributed by atoms with Crippen LogP contribution in [0.4, 0.5) is 11.4 Å². The van der Waals surface area contributed by atoms with Crippen LogP contribution in [0.25, 0.3) is 71.7 Å². The molecule has 0 atom stereocenters. The van der Waals surface area contributed by atoms with Gasteiger partial charge in [0.05, 0.1) is 16.6 Å². The van der Waals surface area contributed by atoms with Crippen molar-refractivity contribution in [2.24, 2.45) is 0 Å². The van der Waals surface area contributed by atoms with Gasteiger partial charge in [-0.15, -0.1) is 0 Å². The SMILES string of the molecule is c1ccc(-n2c3ccccc3c3c4cccc(-c5ccc(Nc6cccc7c6oc6ccccc67)cc5)c4oc32)cc1. The van der Waals surface area contributed by atoms with Crippen LogP contribution in [0, 0.1) is 0 Å². The van der Waals surface area contributed by atoms with Crippen molar-refractivity contribution in [3.8, 4) is 16.8 Å². The lowest BCUT2D eigenvalue weighted by Gasteiger charge is -2.09. The molecular formula is C38H24N2O2. The molecule has 9 rings (SSSR count). The average molecular weight is 541 g/mol. The zero-order chi connectivity index (χ0) is 27.6. The van der Waals surface area contributed by atoms with Crippen molar-refractivity contribution < 1.29 is 8.83 Å². The highest BCUT2D eigenvalue weighted by molar-refractivity contribution is 6.21. The highest BCUT2D eigenvalue weighted by Crippen LogP contribution is 2.42. The molecular weight excluding hydrogens is 516 g/mol. The van der Waals surface area contributed by atoms with Crippen LogP contribution < -0.4 is 5.32 Å². The van der Waals surface area contributed by atoms with Gasteiger partial charge in [-0.05, 0) is 48.0 Å². The topological polar surface area (TPSA) is 43.2 Å². The van der Waals surface area contributed by atoms with Crippen LogP contribution in [0.2, 0.25) is 0 Å². The van der Waals surface area contributed by atoms with Crippen molar-refractivity contribution in [3.05, 3.63) is 140 Å². The minimum absolute atomic E-state index is 0.862. The molecule has 0 unspecified atom stereocenters. The second-order valence-corrected chi connectivity index (χ2v) is 10.6. The first-order valence-electron chi connectivity index (χ1n) is 14.1. The minimum atomic E-state index is 0.862. The molecule has 4 heteroatoms. The minimum Gasteiger partial charge on any atom is -0.454 e. The zero-order valence-corrected chi connectivity index (χ0v) is 22.5. The zero-order valence-electron chi connectivity index (χ0n) is 22.5. The second kappa shape index (κ2) is 8.88. The van der Waals surface area contributed by atoms with Gasteiger partial charge in [-0.25, -0.2) is 0 Å². The van der Waals surface area contributed by atoms with Gasteiger partial charge >= 0.3 is 0 Å². The Morgan fingerprint density at radius 1 is 0.500 bits per heavy atom. The Morgan fingerprint density at radius 2 is 1.21 bits per heavy atom. The fraction of sp³-hybridized carbons (Fsp3) is 0. The third-order valence-corrected chi connectivity index (χ3v) is 8.21. The summed E-state index contributed by atoms with van der Waals surface area (Å²) in [7, 11) is 0. The lowest BCUT2D eigenvalue weighted by Crippen LogP contribution is -1.92. The van der Waals surface area contributed by atoms with Crippen molar-refractivity contribution in [3.63, 3.8) is 0 Å². The molecule has 4 nitrogen and oxygen atoms in total. The summed E-state index contributed by atoms with van der Waals surface area (Å²) in [5.74, 6) is 0. The quantitative estimate of drug-likeness (QED) is 0.241. The van der Waals surface area contributed by atoms with E-state index in [1.54, 1.807) is 0 Å². The number of anilines is 2. The molecule has 0 saturated heterocycles. The summed E-state index contributed by atoms with van der Waals surface area (Å²) in [5, 5.41) is 9.24. The smallest absolute Gasteiger partial charge is 0.213 e. The Hall–Kier alpha value is -5.74. The summed E-state index contributed by atoms with van der Waals surface area (Å²) >= 11 is 0. The van der Waals surface area contributed by atoms with E-state index in [1.807, 2.05) is 24.3 Å². The number of nitrogens with one attached hydrogen (secondary N) is 1. The summed E-state index contributed by atoms with van der Waals surface area (Å²) in [6.45, 7) is 0. The normalized spacial score (nSPS) is 11.8. The Bertz CT molecular complexity index is 2430. The van der Waals surface area contributed by atoms with Crippen molar-refractivity contribution in [2.75, 3.05) is 5.32 Å². The largest absolute Gasteiger partial charge is 0.454 e. The predicted molar refractivity (Wildman–Crippen MR) is 173 cm³/mol. The van der Waals surface area contributed by atoms with E-state index < -0.39 is 0 Å². The molecule has 0 aliphatic carbocycles. The molecule has 3 heterocycles. The number of aromatic nitrogens is 1. The van der Waals surface area contributed by atoms with Crippen LogP contribution in [0.1, 0.15) is 0 Å². The highest BCUT2D eigenvalue weighted by atomic mass is 16.3. The predicted octanol–water partition coefficient (Wildman–Crippen LogP) is 10.8. The maximum Gasteiger partial charge on any atom is 0.213 e. The number of furan rings is 2. The second-order valence-electron chi connectivity index (χ2n) is 10.6. The first-order chi connectivity index (χ1) is 20.8. The van der Waals surface area contributed by atoms with E-state index in [-0.39, 0.29) is 0 Å². The standard InChI is InChI=1S/C38H24N2O2/c1-2-10-26(11-3-1)40-33-18-6-4-13-30(33)35-31-16-8-14-27(36(31)42-38(35)40)24-20-22-25(23-21-24)39-32-17-9-15-29-28-12-5-7-19-34(28)41-37(29)32/h1-23,39H. The van der Waals surface area contributed by atoms with Crippen molar-refractivity contribution in [2.45, 2.75) is 0 Å². The van der Waals surface area contributed by atoms with Crippen LogP contribution in [-0.4, -0.2) is 4.57 Å². The molecule has 42 heavy (non-hydrogen) atoms. The highest BCUT2D eigenvalue weighted by Gasteiger charge is 2.21. The fourth-order valence-electron chi connectivity index (χ4n) is 6.31. The van der Waals surface area contributed by atoms with Gasteiger partial charge in [0.2, 0.25) is 5.71 Å². The van der Waals surface area contributed by atoms with Crippen LogP contribution >= 0.6 is 0 Å². The molecule has 1 N–H and O–H groups in total. The van der Waals surface area contributed by atoms with E-state index in [1.165, 1.54) is 5.39 Å². The first kappa shape index (κ1) is 23.0. The molecule has 0 radical (unpaired) electrons. The van der Waals surface area contributed by atoms with E-state index in [0.717, 1.165) is 77.7 Å². The summed E-state index contributed by atoms with van der Waals surface area (Å²) in [4.78, 5) is 0. The number of hydrogen-bond donors (Lipinski definition) is 1. The van der Waals surface area contributed by atoms with Crippen molar-refractivity contribution in [1.29, 1.82) is 0 Å². The van der Waals surface area contributed by atoms with Gasteiger partial charge < -0.3 is 14.2 Å². The van der Waals surface area contributed by atoms with Crippen LogP contribution in [0.15, 0.2) is 148 Å². The summed E-state index contributed by atoms with van der Waals surface area (Å²) < 4.78 is 15.2. The van der Waals surface area contributed by atoms with Gasteiger partial charge in [-0.2, -0.15) is 0 Å². The monoisotopic (exact) mass is 540 g/mol. The van der Waals surface area contributed by atoms with E-state index >= 15 is 0 Å². The van der Waals surface area contributed by atoms with E-state index in [9.17, 15) is 0 Å². The maximum absolute atomic E-state index is 6.75. The van der Waals surface area contributed by atoms with Crippen LogP contribution in [0.5, 0.6) is 0 Å². The summed E-state index contributed by atoms with van der Waals surface area (Å²) in [5.41, 5.74) is 9.83.